The van der Waals surface area contributed by atoms with Crippen LogP contribution in [0.25, 0.3) is 0 Å². The zero-order chi connectivity index (χ0) is 36.0. The third-order valence-electron chi connectivity index (χ3n) is 12.9. The van der Waals surface area contributed by atoms with Crippen LogP contribution in [0.2, 0.25) is 0 Å². The Hall–Kier alpha value is -2.40. The minimum atomic E-state index is -0.957. The summed E-state index contributed by atoms with van der Waals surface area (Å²) in [4.78, 5) is 24.3. The molecule has 1 N–H and O–H groups in total. The van der Waals surface area contributed by atoms with Gasteiger partial charge >= 0.3 is 11.9 Å². The molecule has 280 valence electrons. The van der Waals surface area contributed by atoms with Gasteiger partial charge < -0.3 is 14.6 Å². The molecule has 0 saturated heterocycles. The number of esters is 2. The highest BCUT2D eigenvalue weighted by molar-refractivity contribution is 5.88. The van der Waals surface area contributed by atoms with Crippen LogP contribution in [-0.2, 0) is 25.5 Å². The number of rotatable bonds is 18. The lowest BCUT2D eigenvalue weighted by Gasteiger charge is -2.38. The molecule has 0 aromatic heterocycles. The van der Waals surface area contributed by atoms with E-state index in [2.05, 4.69) is 45.2 Å². The fraction of sp³-hybridized carbons (Fsp3) is 0.733. The summed E-state index contributed by atoms with van der Waals surface area (Å²) in [5.74, 6) is 3.82. The normalized spacial score (nSPS) is 26.8. The van der Waals surface area contributed by atoms with Crippen LogP contribution in [0.1, 0.15) is 172 Å². The van der Waals surface area contributed by atoms with E-state index in [0.717, 1.165) is 42.9 Å². The average Bonchev–Trinajstić information content (AvgIpc) is 3.14. The number of carbonyl (C=O) groups is 2. The summed E-state index contributed by atoms with van der Waals surface area (Å²) in [5, 5.41) is 9.67. The first kappa shape index (κ1) is 40.4. The van der Waals surface area contributed by atoms with Gasteiger partial charge in [-0.3, -0.25) is 0 Å². The highest BCUT2D eigenvalue weighted by Crippen LogP contribution is 2.46. The third kappa shape index (κ3) is 12.1. The Morgan fingerprint density at radius 1 is 0.780 bits per heavy atom. The monoisotopic (exact) mass is 691 g/mol. The van der Waals surface area contributed by atoms with E-state index in [-0.39, 0.29) is 24.7 Å². The summed E-state index contributed by atoms with van der Waals surface area (Å²) in [6.45, 7) is 15.4. The smallest absolute Gasteiger partial charge is 0.336 e. The van der Waals surface area contributed by atoms with E-state index in [1.54, 1.807) is 18.1 Å². The first-order valence-corrected chi connectivity index (χ1v) is 20.6. The molecule has 3 aliphatic carbocycles. The Labute approximate surface area is 305 Å². The molecule has 3 aliphatic rings. The summed E-state index contributed by atoms with van der Waals surface area (Å²) in [5.41, 5.74) is 5.14. The summed E-state index contributed by atoms with van der Waals surface area (Å²) < 4.78 is 10.9. The quantitative estimate of drug-likeness (QED) is 0.0943. The highest BCUT2D eigenvalue weighted by atomic mass is 16.5. The number of hydrogen-bond acceptors (Lipinski definition) is 5. The van der Waals surface area contributed by atoms with Crippen molar-refractivity contribution in [2.24, 2.45) is 29.6 Å². The minimum Gasteiger partial charge on any atom is -0.462 e. The Balaban J connectivity index is 1.23. The van der Waals surface area contributed by atoms with E-state index in [9.17, 15) is 14.7 Å². The third-order valence-corrected chi connectivity index (χ3v) is 12.9. The number of benzene rings is 1. The lowest BCUT2D eigenvalue weighted by atomic mass is 9.67. The molecule has 5 nitrogen and oxygen atoms in total. The van der Waals surface area contributed by atoms with Crippen LogP contribution < -0.4 is 0 Å². The van der Waals surface area contributed by atoms with Crippen molar-refractivity contribution in [3.05, 3.63) is 59.2 Å². The molecule has 0 radical (unpaired) electrons. The maximum Gasteiger partial charge on any atom is 0.336 e. The van der Waals surface area contributed by atoms with Crippen LogP contribution in [0.3, 0.4) is 0 Å². The number of hydrogen-bond donors (Lipinski definition) is 1. The van der Waals surface area contributed by atoms with Crippen molar-refractivity contribution in [1.82, 2.24) is 0 Å². The zero-order valence-corrected chi connectivity index (χ0v) is 32.2. The molecule has 0 amide bonds. The fourth-order valence-corrected chi connectivity index (χ4v) is 9.36. The van der Waals surface area contributed by atoms with Gasteiger partial charge in [0.05, 0.1) is 24.9 Å². The summed E-state index contributed by atoms with van der Waals surface area (Å²) >= 11 is 0. The van der Waals surface area contributed by atoms with Gasteiger partial charge in [-0.15, -0.1) is 0 Å². The zero-order valence-electron chi connectivity index (χ0n) is 32.2. The number of aryl methyl sites for hydroxylation is 1. The van der Waals surface area contributed by atoms with Crippen molar-refractivity contribution in [3.63, 3.8) is 0 Å². The number of aliphatic hydroxyl groups excluding tert-OH is 1. The summed E-state index contributed by atoms with van der Waals surface area (Å²) in [6.07, 6.45) is 24.0. The largest absolute Gasteiger partial charge is 0.462 e. The van der Waals surface area contributed by atoms with Crippen LogP contribution in [0, 0.1) is 29.6 Å². The van der Waals surface area contributed by atoms with E-state index in [1.165, 1.54) is 115 Å². The molecular formula is C45H70O5. The van der Waals surface area contributed by atoms with E-state index in [1.807, 2.05) is 0 Å². The van der Waals surface area contributed by atoms with Crippen molar-refractivity contribution in [1.29, 1.82) is 0 Å². The number of aliphatic hydroxyl groups is 1. The van der Waals surface area contributed by atoms with E-state index < -0.39 is 18.0 Å². The average molecular weight is 691 g/mol. The first-order chi connectivity index (χ1) is 24.1. The van der Waals surface area contributed by atoms with E-state index in [4.69, 9.17) is 9.47 Å². The molecule has 1 aromatic carbocycles. The van der Waals surface area contributed by atoms with Crippen LogP contribution in [0.5, 0.6) is 0 Å². The van der Waals surface area contributed by atoms with Gasteiger partial charge in [-0.2, -0.15) is 0 Å². The van der Waals surface area contributed by atoms with Gasteiger partial charge in [0.15, 0.2) is 0 Å². The lowest BCUT2D eigenvalue weighted by Crippen LogP contribution is -2.25. The van der Waals surface area contributed by atoms with Gasteiger partial charge in [0, 0.05) is 11.5 Å². The Kier molecular flexibility index (Phi) is 16.6. The standard InChI is InChI=1S/C45H70O5/c1-7-9-10-11-34-14-18-38(19-15-34)39-22-24-41(25-23-39)43-27-26-42(28-37(43)8-2)40-20-16-35(17-21-40)12-13-36(29-49-44(47)31(3)4)30-50-45(48)32(5)33(6)46/h26-28,33-36,38-41,46H,3,5,7-25,29-30H2,1-2,4,6H3. The first-order valence-electron chi connectivity index (χ1n) is 20.6. The summed E-state index contributed by atoms with van der Waals surface area (Å²) in [7, 11) is 0. The molecule has 4 rings (SSSR count). The molecular weight excluding hydrogens is 620 g/mol. The van der Waals surface area contributed by atoms with Gasteiger partial charge in [-0.25, -0.2) is 9.59 Å². The van der Waals surface area contributed by atoms with Crippen molar-refractivity contribution < 1.29 is 24.2 Å². The number of unbranched alkanes of at least 4 members (excludes halogenated alkanes) is 2. The van der Waals surface area contributed by atoms with Crippen LogP contribution in [-0.4, -0.2) is 36.4 Å². The molecule has 3 fully saturated rings. The van der Waals surface area contributed by atoms with Crippen molar-refractivity contribution in [3.8, 4) is 0 Å². The molecule has 5 heteroatoms. The molecule has 0 spiro atoms. The number of ether oxygens (including phenoxy) is 2. The molecule has 0 aliphatic heterocycles. The van der Waals surface area contributed by atoms with E-state index in [0.29, 0.717) is 17.4 Å². The second kappa shape index (κ2) is 20.6. The topological polar surface area (TPSA) is 72.8 Å². The van der Waals surface area contributed by atoms with Crippen molar-refractivity contribution >= 4 is 11.9 Å². The van der Waals surface area contributed by atoms with Crippen molar-refractivity contribution in [2.75, 3.05) is 13.2 Å². The van der Waals surface area contributed by atoms with Gasteiger partial charge in [0.1, 0.15) is 0 Å². The van der Waals surface area contributed by atoms with Gasteiger partial charge in [0.2, 0.25) is 0 Å². The van der Waals surface area contributed by atoms with Crippen LogP contribution >= 0.6 is 0 Å². The van der Waals surface area contributed by atoms with Gasteiger partial charge in [-0.1, -0.05) is 83.7 Å². The minimum absolute atomic E-state index is 0.0355. The predicted octanol–water partition coefficient (Wildman–Crippen LogP) is 11.2. The molecule has 50 heavy (non-hydrogen) atoms. The van der Waals surface area contributed by atoms with Gasteiger partial charge in [-0.05, 0) is 150 Å². The molecule has 2 unspecified atom stereocenters. The molecule has 0 bridgehead atoms. The van der Waals surface area contributed by atoms with Crippen LogP contribution in [0.4, 0.5) is 0 Å². The second-order valence-corrected chi connectivity index (χ2v) is 16.5. The molecule has 0 heterocycles. The van der Waals surface area contributed by atoms with Gasteiger partial charge in [0.25, 0.3) is 0 Å². The maximum absolute atomic E-state index is 12.3. The predicted molar refractivity (Wildman–Crippen MR) is 205 cm³/mol. The van der Waals surface area contributed by atoms with Crippen LogP contribution in [0.15, 0.2) is 42.5 Å². The summed E-state index contributed by atoms with van der Waals surface area (Å²) in [6, 6.07) is 7.54. The number of carbonyl (C=O) groups excluding carboxylic acids is 2. The lowest BCUT2D eigenvalue weighted by molar-refractivity contribution is -0.145. The molecule has 1 aromatic rings. The fourth-order valence-electron chi connectivity index (χ4n) is 9.36. The van der Waals surface area contributed by atoms with Crippen molar-refractivity contribution in [2.45, 2.75) is 168 Å². The SMILES string of the molecule is C=C(C)C(=O)OCC(CCC1CCC(c2ccc(C3CCC(C4CCC(CCCCC)CC4)CC3)c(CC)c2)CC1)COC(=O)C(=C)C(C)O. The maximum atomic E-state index is 12.3. The molecule has 3 saturated carbocycles. The Morgan fingerprint density at radius 3 is 1.92 bits per heavy atom. The second-order valence-electron chi connectivity index (χ2n) is 16.5. The van der Waals surface area contributed by atoms with E-state index >= 15 is 0 Å². The highest BCUT2D eigenvalue weighted by Gasteiger charge is 2.32. The Morgan fingerprint density at radius 2 is 1.34 bits per heavy atom. The molecule has 2 atom stereocenters. The Bertz CT molecular complexity index is 1220.